The molecule has 0 fully saturated rings. The summed E-state index contributed by atoms with van der Waals surface area (Å²) in [5.74, 6) is -0.208. The SMILES string of the molecule is CCCCCCCCc1cc(Br)ccc1-c1cc2c(cc1CCCCCCCC)C1=C3C(=O)N4C=Cc5cc6c(cc5C4=C3C(=O)N1C=C2)C(CCCCCCCC)(CCCCCCCC)c1cc(Br)ccc1-6. The van der Waals surface area contributed by atoms with E-state index < -0.39 is 0 Å². The number of amides is 2. The van der Waals surface area contributed by atoms with Gasteiger partial charge in [-0.3, -0.25) is 19.4 Å². The predicted octanol–water partition coefficient (Wildman–Crippen LogP) is 20.2. The molecule has 0 bridgehead atoms. The number of nitrogens with zero attached hydrogens (tertiary/aromatic N) is 2. The highest BCUT2D eigenvalue weighted by atomic mass is 79.9. The van der Waals surface area contributed by atoms with Crippen LogP contribution < -0.4 is 0 Å². The van der Waals surface area contributed by atoms with Gasteiger partial charge in [-0.05, 0) is 155 Å². The summed E-state index contributed by atoms with van der Waals surface area (Å²) >= 11 is 7.75. The van der Waals surface area contributed by atoms with Crippen LogP contribution in [0.3, 0.4) is 0 Å². The van der Waals surface area contributed by atoms with E-state index in [0.717, 1.165) is 74.7 Å². The highest BCUT2D eigenvalue weighted by Gasteiger charge is 2.51. The zero-order valence-electron chi connectivity index (χ0n) is 44.8. The topological polar surface area (TPSA) is 40.6 Å². The number of hydrogen-bond acceptors (Lipinski definition) is 2. The predicted molar refractivity (Wildman–Crippen MR) is 316 cm³/mol. The molecule has 0 radical (unpaired) electrons. The molecule has 4 heterocycles. The lowest BCUT2D eigenvalue weighted by Gasteiger charge is -2.34. The van der Waals surface area contributed by atoms with Gasteiger partial charge in [-0.1, -0.05) is 213 Å². The third kappa shape index (κ3) is 11.2. The van der Waals surface area contributed by atoms with Crippen LogP contribution in [0.25, 0.3) is 45.8 Å². The Morgan fingerprint density at radius 1 is 0.397 bits per heavy atom. The quantitative estimate of drug-likeness (QED) is 0.0509. The molecule has 1 aliphatic carbocycles. The third-order valence-corrected chi connectivity index (χ3v) is 18.0. The van der Waals surface area contributed by atoms with Crippen molar-refractivity contribution in [3.8, 4) is 22.3 Å². The molecule has 4 aromatic carbocycles. The van der Waals surface area contributed by atoms with E-state index in [2.05, 4.69) is 132 Å². The first-order valence-electron chi connectivity index (χ1n) is 29.2. The van der Waals surface area contributed by atoms with Crippen LogP contribution in [0.15, 0.2) is 93.2 Å². The first-order chi connectivity index (χ1) is 35.7. The maximum atomic E-state index is 15.2. The van der Waals surface area contributed by atoms with Crippen LogP contribution in [0.5, 0.6) is 0 Å². The molecule has 0 N–H and O–H groups in total. The summed E-state index contributed by atoms with van der Waals surface area (Å²) in [6.45, 7) is 9.16. The average molecular weight is 1110 g/mol. The van der Waals surface area contributed by atoms with Gasteiger partial charge in [0.15, 0.2) is 0 Å². The van der Waals surface area contributed by atoms with E-state index >= 15 is 9.59 Å². The van der Waals surface area contributed by atoms with Crippen LogP contribution in [0.4, 0.5) is 0 Å². The molecule has 73 heavy (non-hydrogen) atoms. The Balaban J connectivity index is 1.13. The minimum atomic E-state index is -0.146. The number of fused-ring (bicyclic) bond motifs is 10. The molecule has 4 nitrogen and oxygen atoms in total. The summed E-state index contributed by atoms with van der Waals surface area (Å²) in [4.78, 5) is 34.0. The molecule has 2 amide bonds. The average Bonchev–Trinajstić information content (AvgIpc) is 3.96. The first kappa shape index (κ1) is 53.6. The van der Waals surface area contributed by atoms with Gasteiger partial charge < -0.3 is 0 Å². The van der Waals surface area contributed by atoms with Crippen LogP contribution in [0, 0.1) is 0 Å². The Hall–Kier alpha value is -4.26. The number of aryl methyl sites for hydroxylation is 2. The number of rotatable bonds is 29. The van der Waals surface area contributed by atoms with Crippen LogP contribution in [0.1, 0.15) is 239 Å². The Morgan fingerprint density at radius 3 is 1.33 bits per heavy atom. The monoisotopic (exact) mass is 1100 g/mol. The van der Waals surface area contributed by atoms with E-state index in [0.29, 0.717) is 11.1 Å². The summed E-state index contributed by atoms with van der Waals surface area (Å²) in [5.41, 5.74) is 17.3. The minimum Gasteiger partial charge on any atom is -0.282 e. The van der Waals surface area contributed by atoms with Crippen molar-refractivity contribution in [2.75, 3.05) is 0 Å². The van der Waals surface area contributed by atoms with Crippen molar-refractivity contribution in [3.05, 3.63) is 138 Å². The van der Waals surface area contributed by atoms with Crippen molar-refractivity contribution in [2.45, 2.75) is 213 Å². The molecule has 9 rings (SSSR count). The van der Waals surface area contributed by atoms with E-state index in [1.807, 2.05) is 17.3 Å². The fraction of sp³-hybridized carbons (Fsp3) is 0.493. The van der Waals surface area contributed by atoms with Crippen molar-refractivity contribution in [1.82, 2.24) is 9.80 Å². The summed E-state index contributed by atoms with van der Waals surface area (Å²) in [7, 11) is 0. The van der Waals surface area contributed by atoms with Gasteiger partial charge in [0.25, 0.3) is 11.8 Å². The smallest absolute Gasteiger partial charge is 0.265 e. The summed E-state index contributed by atoms with van der Waals surface area (Å²) in [6, 6.07) is 23.4. The van der Waals surface area contributed by atoms with Gasteiger partial charge in [-0.2, -0.15) is 0 Å². The number of benzene rings is 4. The standard InChI is InChI=1S/C67H82Br2N2O2/c1-5-9-13-17-21-25-29-47-41-51(68)31-33-53(47)55-42-49-35-39-70-63(56(49)43-48(55)30-26-22-18-14-10-6-2)61-62(66(70)73)64-57-46-60-58(44-50(57)36-40-71(64)65(61)72)54-34-32-52(69)45-59(54)67(60,37-27-23-19-15-11-7-3)38-28-24-20-16-12-8-4/h31-36,39-46H,5-30,37-38H2,1-4H3. The van der Waals surface area contributed by atoms with Crippen molar-refractivity contribution >= 4 is 67.2 Å². The van der Waals surface area contributed by atoms with E-state index in [4.69, 9.17) is 0 Å². The second-order valence-electron chi connectivity index (χ2n) is 22.2. The Kier molecular flexibility index (Phi) is 18.4. The molecule has 0 saturated carbocycles. The second kappa shape index (κ2) is 25.1. The van der Waals surface area contributed by atoms with Gasteiger partial charge in [0.1, 0.15) is 0 Å². The molecule has 4 aliphatic heterocycles. The number of hydrogen-bond donors (Lipinski definition) is 0. The fourth-order valence-corrected chi connectivity index (χ4v) is 13.9. The van der Waals surface area contributed by atoms with Gasteiger partial charge >= 0.3 is 0 Å². The molecule has 0 aromatic heterocycles. The van der Waals surface area contributed by atoms with Gasteiger partial charge in [-0.25, -0.2) is 0 Å². The lowest BCUT2D eigenvalue weighted by atomic mass is 9.70. The van der Waals surface area contributed by atoms with E-state index in [9.17, 15) is 0 Å². The van der Waals surface area contributed by atoms with E-state index in [1.54, 1.807) is 4.90 Å². The van der Waals surface area contributed by atoms with Gasteiger partial charge in [0.2, 0.25) is 0 Å². The Bertz CT molecular complexity index is 2770. The molecule has 6 heteroatoms. The lowest BCUT2D eigenvalue weighted by molar-refractivity contribution is -0.122. The normalized spacial score (nSPS) is 15.6. The molecule has 5 aliphatic rings. The fourth-order valence-electron chi connectivity index (χ4n) is 13.1. The summed E-state index contributed by atoms with van der Waals surface area (Å²) < 4.78 is 2.25. The Labute approximate surface area is 456 Å². The van der Waals surface area contributed by atoms with Gasteiger partial charge in [0.05, 0.1) is 22.5 Å². The first-order valence-corrected chi connectivity index (χ1v) is 30.8. The van der Waals surface area contributed by atoms with Gasteiger partial charge in [-0.15, -0.1) is 0 Å². The third-order valence-electron chi connectivity index (χ3n) is 17.0. The van der Waals surface area contributed by atoms with Crippen LogP contribution >= 0.6 is 31.9 Å². The van der Waals surface area contributed by atoms with E-state index in [-0.39, 0.29) is 17.2 Å². The number of unbranched alkanes of at least 4 members (excludes halogenated alkanes) is 20. The zero-order chi connectivity index (χ0) is 50.9. The molecule has 0 saturated heterocycles. The minimum absolute atomic E-state index is 0.104. The highest BCUT2D eigenvalue weighted by Crippen LogP contribution is 2.58. The van der Waals surface area contributed by atoms with Crippen molar-refractivity contribution < 1.29 is 9.59 Å². The molecule has 386 valence electrons. The van der Waals surface area contributed by atoms with Crippen LogP contribution in [-0.2, 0) is 27.8 Å². The maximum absolute atomic E-state index is 15.2. The lowest BCUT2D eigenvalue weighted by Crippen LogP contribution is -2.28. The summed E-state index contributed by atoms with van der Waals surface area (Å²) in [5, 5.41) is 0. The maximum Gasteiger partial charge on any atom is 0.265 e. The largest absolute Gasteiger partial charge is 0.282 e. The molecular weight excluding hydrogens is 1020 g/mol. The highest BCUT2D eigenvalue weighted by molar-refractivity contribution is 9.10. The van der Waals surface area contributed by atoms with Crippen LogP contribution in [0.2, 0.25) is 0 Å². The second-order valence-corrected chi connectivity index (χ2v) is 24.0. The molecule has 0 atom stereocenters. The number of carbonyl (C=O) groups is 2. The Morgan fingerprint density at radius 2 is 0.808 bits per heavy atom. The molecule has 4 aromatic rings. The number of halogens is 2. The molecule has 0 unspecified atom stereocenters. The van der Waals surface area contributed by atoms with E-state index in [1.165, 1.54) is 192 Å². The van der Waals surface area contributed by atoms with Crippen molar-refractivity contribution in [1.29, 1.82) is 0 Å². The zero-order valence-corrected chi connectivity index (χ0v) is 48.0. The summed E-state index contributed by atoms with van der Waals surface area (Å²) in [6.07, 6.45) is 42.4. The van der Waals surface area contributed by atoms with Crippen molar-refractivity contribution in [2.24, 2.45) is 0 Å². The molecular formula is C67H82Br2N2O2. The van der Waals surface area contributed by atoms with Crippen molar-refractivity contribution in [3.63, 3.8) is 0 Å². The van der Waals surface area contributed by atoms with Crippen LogP contribution in [-0.4, -0.2) is 21.6 Å². The molecule has 0 spiro atoms. The van der Waals surface area contributed by atoms with Gasteiger partial charge in [0, 0.05) is 37.9 Å². The number of carbonyl (C=O) groups excluding carboxylic acids is 2.